The van der Waals surface area contributed by atoms with Crippen LogP contribution in [-0.4, -0.2) is 6.61 Å². The van der Waals surface area contributed by atoms with Gasteiger partial charge in [0.15, 0.2) is 0 Å². The number of unbranched alkanes of at least 4 members (excludes halogenated alkanes) is 1. The summed E-state index contributed by atoms with van der Waals surface area (Å²) >= 11 is 0. The van der Waals surface area contributed by atoms with Gasteiger partial charge < -0.3 is 4.74 Å². The first kappa shape index (κ1) is 6.29. The highest BCUT2D eigenvalue weighted by atomic mass is 16.5. The summed E-state index contributed by atoms with van der Waals surface area (Å²) in [6, 6.07) is 0. The van der Waals surface area contributed by atoms with Crippen LogP contribution in [0, 0.1) is 18.4 Å². The molecule has 0 saturated heterocycles. The Hall–Kier alpha value is -0.710. The molecule has 0 bridgehead atoms. The zero-order valence-electron chi connectivity index (χ0n) is 4.18. The molecule has 0 saturated carbocycles. The van der Waals surface area contributed by atoms with Gasteiger partial charge in [0.2, 0.25) is 0 Å². The predicted octanol–water partition coefficient (Wildman–Crippen LogP) is 1.10. The second-order valence-corrected chi connectivity index (χ2v) is 1.15. The normalized spacial score (nSPS) is 7.43. The zero-order valence-corrected chi connectivity index (χ0v) is 4.18. The van der Waals surface area contributed by atoms with Gasteiger partial charge in [-0.25, -0.2) is 0 Å². The third-order valence-corrected chi connectivity index (χ3v) is 0.561. The van der Waals surface area contributed by atoms with Gasteiger partial charge >= 0.3 is 0 Å². The smallest absolute Gasteiger partial charge is 0.286 e. The summed E-state index contributed by atoms with van der Waals surface area (Å²) in [5, 5.41) is 7.80. The molecule has 2 nitrogen and oxygen atoms in total. The fourth-order valence-corrected chi connectivity index (χ4v) is 0.220. The summed E-state index contributed by atoms with van der Waals surface area (Å²) in [6.45, 7) is 4.08. The Morgan fingerprint density at radius 1 is 1.71 bits per heavy atom. The molecule has 0 atom stereocenters. The van der Waals surface area contributed by atoms with E-state index in [2.05, 4.69) is 11.7 Å². The average molecular weight is 98.1 g/mol. The van der Waals surface area contributed by atoms with Gasteiger partial charge in [-0.05, 0) is 6.42 Å². The van der Waals surface area contributed by atoms with Crippen molar-refractivity contribution in [2.45, 2.75) is 12.8 Å². The van der Waals surface area contributed by atoms with Crippen LogP contribution in [0.2, 0.25) is 0 Å². The fraction of sp³-hybridized carbons (Fsp3) is 0.600. The largest absolute Gasteiger partial charge is 0.428 e. The van der Waals surface area contributed by atoms with E-state index < -0.39 is 0 Å². The molecule has 0 aromatic carbocycles. The van der Waals surface area contributed by atoms with Gasteiger partial charge in [-0.15, -0.1) is 0 Å². The molecule has 0 N–H and O–H groups in total. The summed E-state index contributed by atoms with van der Waals surface area (Å²) in [7, 11) is 0. The Kier molecular flexibility index (Phi) is 4.75. The van der Waals surface area contributed by atoms with Gasteiger partial charge in [0, 0.05) is 0 Å². The average Bonchev–Trinajstić information content (AvgIpc) is 1.69. The Balaban J connectivity index is 2.60. The first-order chi connectivity index (χ1) is 3.41. The summed E-state index contributed by atoms with van der Waals surface area (Å²) in [5.41, 5.74) is 0. The molecular formula is C5H8NO. The number of hydrogen-bond donors (Lipinski definition) is 0. The van der Waals surface area contributed by atoms with Crippen molar-refractivity contribution in [3.8, 4) is 6.26 Å². The second-order valence-electron chi connectivity index (χ2n) is 1.15. The van der Waals surface area contributed by atoms with E-state index in [4.69, 9.17) is 5.26 Å². The van der Waals surface area contributed by atoms with Crippen molar-refractivity contribution in [1.29, 1.82) is 5.26 Å². The van der Waals surface area contributed by atoms with Crippen LogP contribution in [0.25, 0.3) is 0 Å². The van der Waals surface area contributed by atoms with E-state index >= 15 is 0 Å². The molecule has 0 aliphatic heterocycles. The number of nitrogens with zero attached hydrogens (tertiary/aromatic N) is 1. The molecule has 0 aliphatic rings. The molecule has 2 heteroatoms. The lowest BCUT2D eigenvalue weighted by atomic mass is 10.4. The quantitative estimate of drug-likeness (QED) is 0.391. The molecule has 0 spiro atoms. The molecule has 0 aromatic heterocycles. The Morgan fingerprint density at radius 2 is 2.43 bits per heavy atom. The highest BCUT2D eigenvalue weighted by Crippen LogP contribution is 1.83. The minimum absolute atomic E-state index is 0.514. The molecule has 1 radical (unpaired) electrons. The SMILES string of the molecule is [CH2]CCCOC#N. The molecule has 39 valence electrons. The van der Waals surface area contributed by atoms with E-state index in [1.165, 1.54) is 0 Å². The molecule has 0 unspecified atom stereocenters. The number of nitriles is 1. The summed E-state index contributed by atoms with van der Waals surface area (Å²) in [6.07, 6.45) is 3.28. The molecule has 0 aromatic rings. The summed E-state index contributed by atoms with van der Waals surface area (Å²) < 4.78 is 4.34. The number of ether oxygens (including phenoxy) is 1. The monoisotopic (exact) mass is 98.1 g/mol. The zero-order chi connectivity index (χ0) is 5.54. The topological polar surface area (TPSA) is 33.0 Å². The van der Waals surface area contributed by atoms with Gasteiger partial charge in [0.05, 0.1) is 0 Å². The van der Waals surface area contributed by atoms with Crippen molar-refractivity contribution in [2.24, 2.45) is 0 Å². The van der Waals surface area contributed by atoms with E-state index in [1.807, 2.05) is 0 Å². The maximum atomic E-state index is 7.80. The van der Waals surface area contributed by atoms with Crippen molar-refractivity contribution in [1.82, 2.24) is 0 Å². The Bertz CT molecular complexity index is 65.0. The number of hydrogen-bond acceptors (Lipinski definition) is 2. The van der Waals surface area contributed by atoms with E-state index in [9.17, 15) is 0 Å². The highest BCUT2D eigenvalue weighted by molar-refractivity contribution is 4.48. The minimum Gasteiger partial charge on any atom is -0.428 e. The standard InChI is InChI=1S/C5H8NO/c1-2-3-4-7-5-6/h1-4H2. The highest BCUT2D eigenvalue weighted by Gasteiger charge is 1.78. The molecule has 0 heterocycles. The lowest BCUT2D eigenvalue weighted by molar-refractivity contribution is 0.266. The van der Waals surface area contributed by atoms with Crippen LogP contribution in [-0.2, 0) is 4.74 Å². The molecule has 0 amide bonds. The molecular weight excluding hydrogens is 90.1 g/mol. The van der Waals surface area contributed by atoms with Crippen LogP contribution in [0.4, 0.5) is 0 Å². The lowest BCUT2D eigenvalue weighted by Crippen LogP contribution is -1.83. The van der Waals surface area contributed by atoms with Gasteiger partial charge in [-0.2, -0.15) is 5.26 Å². The first-order valence-electron chi connectivity index (χ1n) is 2.22. The van der Waals surface area contributed by atoms with Gasteiger partial charge in [-0.3, -0.25) is 0 Å². The van der Waals surface area contributed by atoms with Crippen LogP contribution in [0.5, 0.6) is 0 Å². The van der Waals surface area contributed by atoms with Gasteiger partial charge in [0.1, 0.15) is 6.61 Å². The van der Waals surface area contributed by atoms with Crippen molar-refractivity contribution in [2.75, 3.05) is 6.61 Å². The number of rotatable bonds is 3. The van der Waals surface area contributed by atoms with Crippen LogP contribution < -0.4 is 0 Å². The van der Waals surface area contributed by atoms with Gasteiger partial charge in [0.25, 0.3) is 6.26 Å². The summed E-state index contributed by atoms with van der Waals surface area (Å²) in [4.78, 5) is 0. The van der Waals surface area contributed by atoms with Crippen molar-refractivity contribution in [3.63, 3.8) is 0 Å². The van der Waals surface area contributed by atoms with E-state index in [0.29, 0.717) is 6.61 Å². The fourth-order valence-electron chi connectivity index (χ4n) is 0.220. The Labute approximate surface area is 43.7 Å². The van der Waals surface area contributed by atoms with Crippen LogP contribution >= 0.6 is 0 Å². The van der Waals surface area contributed by atoms with Crippen LogP contribution in [0.3, 0.4) is 0 Å². The van der Waals surface area contributed by atoms with Crippen molar-refractivity contribution >= 4 is 0 Å². The minimum atomic E-state index is 0.514. The van der Waals surface area contributed by atoms with E-state index in [-0.39, 0.29) is 0 Å². The third-order valence-electron chi connectivity index (χ3n) is 0.561. The third kappa shape index (κ3) is 5.29. The molecule has 0 fully saturated rings. The maximum absolute atomic E-state index is 7.80. The van der Waals surface area contributed by atoms with Crippen molar-refractivity contribution < 1.29 is 4.74 Å². The van der Waals surface area contributed by atoms with Crippen LogP contribution in [0.1, 0.15) is 12.8 Å². The first-order valence-corrected chi connectivity index (χ1v) is 2.22. The molecule has 7 heavy (non-hydrogen) atoms. The second kappa shape index (κ2) is 5.29. The van der Waals surface area contributed by atoms with Gasteiger partial charge in [-0.1, -0.05) is 13.3 Å². The van der Waals surface area contributed by atoms with Crippen molar-refractivity contribution in [3.05, 3.63) is 6.92 Å². The molecule has 0 aliphatic carbocycles. The maximum Gasteiger partial charge on any atom is 0.286 e. The lowest BCUT2D eigenvalue weighted by Gasteiger charge is -1.88. The summed E-state index contributed by atoms with van der Waals surface area (Å²) in [5.74, 6) is 0. The predicted molar refractivity (Wildman–Crippen MR) is 26.2 cm³/mol. The van der Waals surface area contributed by atoms with E-state index in [0.717, 1.165) is 12.8 Å². The Morgan fingerprint density at radius 3 is 2.86 bits per heavy atom. The van der Waals surface area contributed by atoms with Crippen LogP contribution in [0.15, 0.2) is 0 Å². The molecule has 0 rings (SSSR count). The van der Waals surface area contributed by atoms with E-state index in [1.54, 1.807) is 6.26 Å².